The molecule has 0 bridgehead atoms. The van der Waals surface area contributed by atoms with Crippen LogP contribution in [0.1, 0.15) is 25.6 Å². The van der Waals surface area contributed by atoms with E-state index in [2.05, 4.69) is 9.97 Å². The van der Waals surface area contributed by atoms with Gasteiger partial charge < -0.3 is 4.90 Å². The lowest BCUT2D eigenvalue weighted by molar-refractivity contribution is 0.627. The van der Waals surface area contributed by atoms with Crippen molar-refractivity contribution >= 4 is 23.1 Å². The molecular weight excluding hydrogens is 265 g/mol. The number of para-hydroxylation sites is 1. The van der Waals surface area contributed by atoms with Gasteiger partial charge in [0.15, 0.2) is 0 Å². The Labute approximate surface area is 117 Å². The maximum Gasteiger partial charge on any atom is 0.146 e. The second-order valence-electron chi connectivity index (χ2n) is 4.57. The monoisotopic (exact) mass is 279 g/mol. The van der Waals surface area contributed by atoms with E-state index in [0.29, 0.717) is 22.5 Å². The summed E-state index contributed by atoms with van der Waals surface area (Å²) in [5, 5.41) is 0.358. The molecule has 1 heterocycles. The lowest BCUT2D eigenvalue weighted by Gasteiger charge is -2.20. The lowest BCUT2D eigenvalue weighted by atomic mass is 10.2. The van der Waals surface area contributed by atoms with Gasteiger partial charge in [0.05, 0.1) is 5.69 Å². The van der Waals surface area contributed by atoms with Crippen molar-refractivity contribution < 1.29 is 4.39 Å². The minimum Gasteiger partial charge on any atom is -0.327 e. The van der Waals surface area contributed by atoms with Crippen LogP contribution in [0.3, 0.4) is 0 Å². The van der Waals surface area contributed by atoms with Gasteiger partial charge in [-0.25, -0.2) is 14.4 Å². The number of hydrogen-bond acceptors (Lipinski definition) is 3. The topological polar surface area (TPSA) is 29.0 Å². The number of halogens is 2. The Kier molecular flexibility index (Phi) is 4.00. The zero-order valence-electron chi connectivity index (χ0n) is 11.1. The summed E-state index contributed by atoms with van der Waals surface area (Å²) in [5.74, 6) is 1.08. The number of aromatic nitrogens is 2. The predicted octanol–water partition coefficient (Wildman–Crippen LogP) is 4.16. The van der Waals surface area contributed by atoms with E-state index in [4.69, 9.17) is 11.6 Å². The van der Waals surface area contributed by atoms with Crippen LogP contribution in [0.5, 0.6) is 0 Å². The fourth-order valence-corrected chi connectivity index (χ4v) is 1.88. The van der Waals surface area contributed by atoms with E-state index < -0.39 is 0 Å². The number of benzene rings is 1. The molecule has 0 aliphatic rings. The maximum atomic E-state index is 13.8. The van der Waals surface area contributed by atoms with Gasteiger partial charge >= 0.3 is 0 Å². The Balaban J connectivity index is 2.44. The van der Waals surface area contributed by atoms with Gasteiger partial charge in [-0.2, -0.15) is 0 Å². The van der Waals surface area contributed by atoms with E-state index in [1.54, 1.807) is 36.2 Å². The van der Waals surface area contributed by atoms with Gasteiger partial charge in [-0.3, -0.25) is 0 Å². The van der Waals surface area contributed by atoms with Crippen LogP contribution in [0.25, 0.3) is 0 Å². The highest BCUT2D eigenvalue weighted by Gasteiger charge is 2.13. The molecule has 0 saturated carbocycles. The van der Waals surface area contributed by atoms with E-state index in [1.807, 2.05) is 13.8 Å². The molecule has 0 saturated heterocycles. The van der Waals surface area contributed by atoms with Crippen molar-refractivity contribution in [2.45, 2.75) is 19.8 Å². The Morgan fingerprint density at radius 3 is 2.53 bits per heavy atom. The standard InChI is InChI=1S/C14H15ClFN3/c1-9(2)14-17-12(15)8-13(18-14)19(3)11-7-5-4-6-10(11)16/h4-9H,1-3H3. The first-order chi connectivity index (χ1) is 8.99. The average Bonchev–Trinajstić information content (AvgIpc) is 2.37. The van der Waals surface area contributed by atoms with Crippen molar-refractivity contribution in [3.05, 3.63) is 47.1 Å². The van der Waals surface area contributed by atoms with Gasteiger partial charge in [0.25, 0.3) is 0 Å². The molecule has 0 fully saturated rings. The fourth-order valence-electron chi connectivity index (χ4n) is 1.70. The molecule has 100 valence electrons. The molecule has 1 aromatic carbocycles. The van der Waals surface area contributed by atoms with Crippen molar-refractivity contribution in [1.29, 1.82) is 0 Å². The molecule has 0 amide bonds. The quantitative estimate of drug-likeness (QED) is 0.790. The molecule has 19 heavy (non-hydrogen) atoms. The normalized spacial score (nSPS) is 10.8. The molecule has 2 aromatic rings. The van der Waals surface area contributed by atoms with Gasteiger partial charge in [0, 0.05) is 19.0 Å². The zero-order valence-corrected chi connectivity index (χ0v) is 11.8. The first-order valence-electron chi connectivity index (χ1n) is 6.01. The van der Waals surface area contributed by atoms with Crippen LogP contribution in [0.2, 0.25) is 5.15 Å². The third-order valence-electron chi connectivity index (χ3n) is 2.77. The van der Waals surface area contributed by atoms with E-state index >= 15 is 0 Å². The second kappa shape index (κ2) is 5.53. The van der Waals surface area contributed by atoms with Crippen LogP contribution in [-0.4, -0.2) is 17.0 Å². The van der Waals surface area contributed by atoms with Crippen molar-refractivity contribution in [3.63, 3.8) is 0 Å². The molecule has 0 spiro atoms. The molecule has 0 radical (unpaired) electrons. The van der Waals surface area contributed by atoms with Gasteiger partial charge in [0.2, 0.25) is 0 Å². The summed E-state index contributed by atoms with van der Waals surface area (Å²) in [5.41, 5.74) is 0.451. The van der Waals surface area contributed by atoms with Crippen molar-refractivity contribution in [1.82, 2.24) is 9.97 Å². The summed E-state index contributed by atoms with van der Waals surface area (Å²) in [7, 11) is 1.75. The van der Waals surface area contributed by atoms with Gasteiger partial charge in [-0.1, -0.05) is 37.6 Å². The molecule has 1 aromatic heterocycles. The summed E-state index contributed by atoms with van der Waals surface area (Å²) in [6.07, 6.45) is 0. The number of hydrogen-bond donors (Lipinski definition) is 0. The van der Waals surface area contributed by atoms with Crippen LogP contribution < -0.4 is 4.90 Å². The van der Waals surface area contributed by atoms with Crippen LogP contribution in [-0.2, 0) is 0 Å². The summed E-state index contributed by atoms with van der Waals surface area (Å²) in [6, 6.07) is 8.17. The van der Waals surface area contributed by atoms with E-state index in [-0.39, 0.29) is 11.7 Å². The molecule has 2 rings (SSSR count). The van der Waals surface area contributed by atoms with Crippen molar-refractivity contribution in [3.8, 4) is 0 Å². The van der Waals surface area contributed by atoms with Crippen molar-refractivity contribution in [2.75, 3.05) is 11.9 Å². The number of nitrogens with zero attached hydrogens (tertiary/aromatic N) is 3. The largest absolute Gasteiger partial charge is 0.327 e. The lowest BCUT2D eigenvalue weighted by Crippen LogP contribution is -2.14. The zero-order chi connectivity index (χ0) is 14.0. The average molecular weight is 280 g/mol. The first-order valence-corrected chi connectivity index (χ1v) is 6.39. The summed E-state index contributed by atoms with van der Waals surface area (Å²) in [6.45, 7) is 3.97. The predicted molar refractivity (Wildman–Crippen MR) is 75.6 cm³/mol. The van der Waals surface area contributed by atoms with E-state index in [1.165, 1.54) is 6.07 Å². The van der Waals surface area contributed by atoms with E-state index in [9.17, 15) is 4.39 Å². The van der Waals surface area contributed by atoms with E-state index in [0.717, 1.165) is 0 Å². The van der Waals surface area contributed by atoms with Crippen LogP contribution in [0.4, 0.5) is 15.9 Å². The number of anilines is 2. The molecule has 0 aliphatic heterocycles. The maximum absolute atomic E-state index is 13.8. The third-order valence-corrected chi connectivity index (χ3v) is 2.97. The van der Waals surface area contributed by atoms with Crippen molar-refractivity contribution in [2.24, 2.45) is 0 Å². The molecule has 3 nitrogen and oxygen atoms in total. The molecule has 0 N–H and O–H groups in total. The summed E-state index contributed by atoms with van der Waals surface area (Å²) >= 11 is 5.99. The highest BCUT2D eigenvalue weighted by Crippen LogP contribution is 2.27. The van der Waals surface area contributed by atoms with Crippen LogP contribution >= 0.6 is 11.6 Å². The molecule has 0 unspecified atom stereocenters. The number of rotatable bonds is 3. The first kappa shape index (κ1) is 13.7. The molecular formula is C14H15ClFN3. The Morgan fingerprint density at radius 2 is 1.89 bits per heavy atom. The Morgan fingerprint density at radius 1 is 1.21 bits per heavy atom. The van der Waals surface area contributed by atoms with Crippen LogP contribution in [0.15, 0.2) is 30.3 Å². The molecule has 5 heteroatoms. The Bertz CT molecular complexity index is 587. The summed E-state index contributed by atoms with van der Waals surface area (Å²) < 4.78 is 13.8. The molecule has 0 aliphatic carbocycles. The van der Waals surface area contributed by atoms with Gasteiger partial charge in [-0.15, -0.1) is 0 Å². The second-order valence-corrected chi connectivity index (χ2v) is 4.96. The Hall–Kier alpha value is -1.68. The van der Waals surface area contributed by atoms with Gasteiger partial charge in [-0.05, 0) is 12.1 Å². The highest BCUT2D eigenvalue weighted by atomic mass is 35.5. The fraction of sp³-hybridized carbons (Fsp3) is 0.286. The third kappa shape index (κ3) is 3.01. The molecule has 0 atom stereocenters. The minimum absolute atomic E-state index is 0.159. The minimum atomic E-state index is -0.300. The SMILES string of the molecule is CC(C)c1nc(Cl)cc(N(C)c2ccccc2F)n1. The summed E-state index contributed by atoms with van der Waals surface area (Å²) in [4.78, 5) is 10.2. The van der Waals surface area contributed by atoms with Gasteiger partial charge in [0.1, 0.15) is 22.6 Å². The van der Waals surface area contributed by atoms with Crippen LogP contribution in [0, 0.1) is 5.82 Å². The highest BCUT2D eigenvalue weighted by molar-refractivity contribution is 6.29. The smallest absolute Gasteiger partial charge is 0.146 e.